The minimum absolute atomic E-state index is 0.834. The molecule has 0 spiro atoms. The van der Waals surface area contributed by atoms with Gasteiger partial charge in [0.2, 0.25) is 0 Å². The Morgan fingerprint density at radius 2 is 1.58 bits per heavy atom. The van der Waals surface area contributed by atoms with Gasteiger partial charge in [0.1, 0.15) is 11.5 Å². The topological polar surface area (TPSA) is 26.0 Å². The van der Waals surface area contributed by atoms with Crippen LogP contribution in [0.4, 0.5) is 0 Å². The fourth-order valence-corrected chi connectivity index (χ4v) is 2.39. The van der Waals surface area contributed by atoms with E-state index in [2.05, 4.69) is 33.2 Å². The quantitative estimate of drug-likeness (QED) is 0.659. The van der Waals surface area contributed by atoms with Crippen molar-refractivity contribution >= 4 is 15.9 Å². The van der Waals surface area contributed by atoms with Crippen LogP contribution >= 0.6 is 15.9 Å². The van der Waals surface area contributed by atoms with Crippen LogP contribution in [0.3, 0.4) is 0 Å². The maximum Gasteiger partial charge on any atom is 0.142 e. The second-order valence-corrected chi connectivity index (χ2v) is 5.25. The average molecular weight is 314 g/mol. The first-order chi connectivity index (χ1) is 9.25. The third kappa shape index (κ3) is 2.34. The third-order valence-electron chi connectivity index (χ3n) is 3.04. The number of aromatic nitrogens is 1. The van der Waals surface area contributed by atoms with Crippen LogP contribution in [-0.4, -0.2) is 5.16 Å². The highest BCUT2D eigenvalue weighted by Gasteiger charge is 2.15. The zero-order valence-corrected chi connectivity index (χ0v) is 12.0. The Labute approximate surface area is 120 Å². The molecule has 0 bridgehead atoms. The summed E-state index contributed by atoms with van der Waals surface area (Å²) >= 11 is 3.45. The van der Waals surface area contributed by atoms with Crippen molar-refractivity contribution in [2.24, 2.45) is 0 Å². The molecule has 0 N–H and O–H groups in total. The van der Waals surface area contributed by atoms with Gasteiger partial charge in [0.25, 0.3) is 0 Å². The van der Waals surface area contributed by atoms with Crippen LogP contribution in [0.15, 0.2) is 63.6 Å². The lowest BCUT2D eigenvalue weighted by atomic mass is 10.00. The van der Waals surface area contributed by atoms with E-state index >= 15 is 0 Å². The zero-order chi connectivity index (χ0) is 13.2. The summed E-state index contributed by atoms with van der Waals surface area (Å²) < 4.78 is 6.43. The Kier molecular flexibility index (Phi) is 3.22. The highest BCUT2D eigenvalue weighted by molar-refractivity contribution is 9.10. The van der Waals surface area contributed by atoms with Crippen LogP contribution in [0.2, 0.25) is 0 Å². The Balaban J connectivity index is 2.17. The first-order valence-corrected chi connectivity index (χ1v) is 6.82. The summed E-state index contributed by atoms with van der Waals surface area (Å²) in [5.41, 5.74) is 4.12. The smallest absolute Gasteiger partial charge is 0.142 e. The lowest BCUT2D eigenvalue weighted by molar-refractivity contribution is 0.400. The van der Waals surface area contributed by atoms with Gasteiger partial charge in [-0.15, -0.1) is 0 Å². The van der Waals surface area contributed by atoms with E-state index in [1.54, 1.807) is 0 Å². The molecule has 0 saturated heterocycles. The zero-order valence-electron chi connectivity index (χ0n) is 10.4. The fraction of sp³-hybridized carbons (Fsp3) is 0.0625. The molecule has 0 aliphatic rings. The van der Waals surface area contributed by atoms with E-state index in [1.807, 2.05) is 49.4 Å². The second-order valence-electron chi connectivity index (χ2n) is 4.34. The van der Waals surface area contributed by atoms with E-state index in [1.165, 1.54) is 0 Å². The van der Waals surface area contributed by atoms with Gasteiger partial charge in [-0.1, -0.05) is 63.6 Å². The molecule has 3 aromatic rings. The molecule has 2 aromatic carbocycles. The molecule has 3 heteroatoms. The molecule has 1 heterocycles. The van der Waals surface area contributed by atoms with Crippen LogP contribution in [-0.2, 0) is 0 Å². The Bertz CT molecular complexity index is 687. The van der Waals surface area contributed by atoms with Crippen molar-refractivity contribution < 1.29 is 4.52 Å². The van der Waals surface area contributed by atoms with Crippen LogP contribution in [0, 0.1) is 6.92 Å². The summed E-state index contributed by atoms with van der Waals surface area (Å²) in [6, 6.07) is 18.3. The summed E-state index contributed by atoms with van der Waals surface area (Å²) in [4.78, 5) is 0. The molecule has 0 atom stereocenters. The summed E-state index contributed by atoms with van der Waals surface area (Å²) in [6.45, 7) is 1.94. The van der Waals surface area contributed by atoms with Gasteiger partial charge in [-0.2, -0.15) is 0 Å². The van der Waals surface area contributed by atoms with Crippen LogP contribution in [0.1, 0.15) is 5.76 Å². The van der Waals surface area contributed by atoms with Gasteiger partial charge < -0.3 is 4.52 Å². The number of hydrogen-bond acceptors (Lipinski definition) is 2. The second kappa shape index (κ2) is 5.02. The molecule has 0 aliphatic heterocycles. The van der Waals surface area contributed by atoms with Crippen molar-refractivity contribution in [2.75, 3.05) is 0 Å². The number of benzene rings is 2. The first-order valence-electron chi connectivity index (χ1n) is 6.03. The minimum Gasteiger partial charge on any atom is -0.360 e. The first kappa shape index (κ1) is 12.2. The molecule has 2 nitrogen and oxygen atoms in total. The molecular formula is C16H12BrNO. The van der Waals surface area contributed by atoms with Crippen molar-refractivity contribution in [1.29, 1.82) is 0 Å². The van der Waals surface area contributed by atoms with Crippen LogP contribution in [0.5, 0.6) is 0 Å². The van der Waals surface area contributed by atoms with E-state index in [4.69, 9.17) is 4.52 Å². The lowest BCUT2D eigenvalue weighted by Crippen LogP contribution is -1.83. The normalized spacial score (nSPS) is 10.6. The highest BCUT2D eigenvalue weighted by atomic mass is 79.9. The Hall–Kier alpha value is -1.87. The van der Waals surface area contributed by atoms with Crippen molar-refractivity contribution in [3.8, 4) is 22.4 Å². The Morgan fingerprint density at radius 1 is 0.895 bits per heavy atom. The predicted molar refractivity (Wildman–Crippen MR) is 79.8 cm³/mol. The third-order valence-corrected chi connectivity index (χ3v) is 3.57. The number of halogens is 1. The number of nitrogens with zero attached hydrogens (tertiary/aromatic N) is 1. The van der Waals surface area contributed by atoms with Gasteiger partial charge in [-0.3, -0.25) is 0 Å². The summed E-state index contributed by atoms with van der Waals surface area (Å²) in [5.74, 6) is 0.834. The van der Waals surface area contributed by atoms with Crippen LogP contribution in [0.25, 0.3) is 22.4 Å². The van der Waals surface area contributed by atoms with Gasteiger partial charge in [-0.05, 0) is 24.6 Å². The summed E-state index contributed by atoms with van der Waals surface area (Å²) in [6.07, 6.45) is 0. The van der Waals surface area contributed by atoms with E-state index in [9.17, 15) is 0 Å². The molecular weight excluding hydrogens is 302 g/mol. The van der Waals surface area contributed by atoms with E-state index < -0.39 is 0 Å². The van der Waals surface area contributed by atoms with Crippen molar-refractivity contribution in [3.63, 3.8) is 0 Å². The number of aryl methyl sites for hydroxylation is 1. The molecule has 0 saturated carbocycles. The molecule has 94 valence electrons. The molecule has 0 amide bonds. The predicted octanol–water partition coefficient (Wildman–Crippen LogP) is 5.08. The molecule has 0 aliphatic carbocycles. The molecule has 0 radical (unpaired) electrons. The molecule has 0 unspecified atom stereocenters. The minimum atomic E-state index is 0.834. The van der Waals surface area contributed by atoms with Crippen LogP contribution < -0.4 is 0 Å². The maximum absolute atomic E-state index is 5.37. The molecule has 1 aromatic heterocycles. The van der Waals surface area contributed by atoms with Gasteiger partial charge in [0.05, 0.1) is 5.56 Å². The SMILES string of the molecule is Cc1onc(-c2ccccc2)c1-c1ccc(Br)cc1. The van der Waals surface area contributed by atoms with E-state index in [0.717, 1.165) is 32.6 Å². The van der Waals surface area contributed by atoms with Gasteiger partial charge in [0, 0.05) is 10.0 Å². The van der Waals surface area contributed by atoms with Crippen molar-refractivity contribution in [1.82, 2.24) is 5.16 Å². The van der Waals surface area contributed by atoms with Gasteiger partial charge in [-0.25, -0.2) is 0 Å². The maximum atomic E-state index is 5.37. The molecule has 3 rings (SSSR count). The lowest BCUT2D eigenvalue weighted by Gasteiger charge is -2.03. The van der Waals surface area contributed by atoms with Gasteiger partial charge in [0.15, 0.2) is 0 Å². The fourth-order valence-electron chi connectivity index (χ4n) is 2.12. The standard InChI is InChI=1S/C16H12BrNO/c1-11-15(12-7-9-14(17)10-8-12)16(18-19-11)13-5-3-2-4-6-13/h2-10H,1H3. The summed E-state index contributed by atoms with van der Waals surface area (Å²) in [5, 5.41) is 4.20. The molecule has 0 fully saturated rings. The molecule has 19 heavy (non-hydrogen) atoms. The number of rotatable bonds is 2. The summed E-state index contributed by atoms with van der Waals surface area (Å²) in [7, 11) is 0. The number of hydrogen-bond donors (Lipinski definition) is 0. The van der Waals surface area contributed by atoms with Crippen molar-refractivity contribution in [2.45, 2.75) is 6.92 Å². The Morgan fingerprint density at radius 3 is 2.26 bits per heavy atom. The monoisotopic (exact) mass is 313 g/mol. The van der Waals surface area contributed by atoms with E-state index in [0.29, 0.717) is 0 Å². The van der Waals surface area contributed by atoms with E-state index in [-0.39, 0.29) is 0 Å². The highest BCUT2D eigenvalue weighted by Crippen LogP contribution is 2.34. The average Bonchev–Trinajstić information content (AvgIpc) is 2.83. The largest absolute Gasteiger partial charge is 0.360 e. The van der Waals surface area contributed by atoms with Gasteiger partial charge >= 0.3 is 0 Å². The van der Waals surface area contributed by atoms with Crippen molar-refractivity contribution in [3.05, 3.63) is 64.8 Å².